The maximum Gasteiger partial charge on any atom is 0.228 e. The van der Waals surface area contributed by atoms with Gasteiger partial charge in [-0.1, -0.05) is 30.3 Å². The molecule has 0 aliphatic heterocycles. The summed E-state index contributed by atoms with van der Waals surface area (Å²) in [6.45, 7) is 1.62. The number of aromatic amines is 1. The van der Waals surface area contributed by atoms with E-state index in [4.69, 9.17) is 5.11 Å². The van der Waals surface area contributed by atoms with Gasteiger partial charge in [-0.25, -0.2) is 4.98 Å². The van der Waals surface area contributed by atoms with Crippen LogP contribution in [0.3, 0.4) is 0 Å². The van der Waals surface area contributed by atoms with E-state index in [1.54, 1.807) is 31.2 Å². The highest BCUT2D eigenvalue weighted by Crippen LogP contribution is 2.10. The molecule has 1 heterocycles. The van der Waals surface area contributed by atoms with Gasteiger partial charge in [0.15, 0.2) is 5.82 Å². The van der Waals surface area contributed by atoms with Crippen molar-refractivity contribution in [2.45, 2.75) is 13.5 Å². The number of aliphatic hydroxyl groups excluding tert-OH is 1. The van der Waals surface area contributed by atoms with Crippen LogP contribution >= 0.6 is 0 Å². The highest BCUT2D eigenvalue weighted by Gasteiger charge is 2.14. The highest BCUT2D eigenvalue weighted by atomic mass is 16.3. The number of H-pyrrole nitrogens is 1. The van der Waals surface area contributed by atoms with Gasteiger partial charge in [0.2, 0.25) is 5.78 Å². The number of aliphatic hydroxyl groups is 1. The molecule has 0 saturated heterocycles. The smallest absolute Gasteiger partial charge is 0.228 e. The average molecular weight is 216 g/mol. The number of aromatic nitrogens is 2. The van der Waals surface area contributed by atoms with Crippen LogP contribution in [-0.4, -0.2) is 20.9 Å². The zero-order chi connectivity index (χ0) is 11.5. The molecule has 2 aromatic rings. The van der Waals surface area contributed by atoms with Crippen molar-refractivity contribution in [3.05, 3.63) is 53.1 Å². The van der Waals surface area contributed by atoms with Gasteiger partial charge in [0, 0.05) is 11.3 Å². The number of imidazole rings is 1. The van der Waals surface area contributed by atoms with E-state index < -0.39 is 0 Å². The van der Waals surface area contributed by atoms with Crippen molar-refractivity contribution in [1.29, 1.82) is 0 Å². The van der Waals surface area contributed by atoms with Crippen LogP contribution in [0.1, 0.15) is 27.6 Å². The highest BCUT2D eigenvalue weighted by molar-refractivity contribution is 6.06. The second-order valence-corrected chi connectivity index (χ2v) is 3.51. The maximum atomic E-state index is 12.0. The van der Waals surface area contributed by atoms with Gasteiger partial charge >= 0.3 is 0 Å². The molecule has 0 amide bonds. The summed E-state index contributed by atoms with van der Waals surface area (Å²) in [5.41, 5.74) is 1.82. The van der Waals surface area contributed by atoms with Crippen LogP contribution in [0, 0.1) is 6.92 Å². The Kier molecular flexibility index (Phi) is 2.83. The summed E-state index contributed by atoms with van der Waals surface area (Å²) in [6.07, 6.45) is 0. The topological polar surface area (TPSA) is 66.0 Å². The summed E-state index contributed by atoms with van der Waals surface area (Å²) in [5.74, 6) is 0.108. The van der Waals surface area contributed by atoms with Crippen LogP contribution in [0.5, 0.6) is 0 Å². The molecular formula is C12H12N2O2. The van der Waals surface area contributed by atoms with E-state index in [-0.39, 0.29) is 18.2 Å². The summed E-state index contributed by atoms with van der Waals surface area (Å²) in [4.78, 5) is 18.9. The number of nitrogens with one attached hydrogen (secondary N) is 1. The van der Waals surface area contributed by atoms with E-state index in [2.05, 4.69) is 9.97 Å². The molecule has 1 aromatic carbocycles. The van der Waals surface area contributed by atoms with E-state index >= 15 is 0 Å². The first-order valence-electron chi connectivity index (χ1n) is 4.98. The van der Waals surface area contributed by atoms with Gasteiger partial charge in [-0.05, 0) is 6.92 Å². The third-order valence-electron chi connectivity index (χ3n) is 2.39. The number of rotatable bonds is 3. The fourth-order valence-electron chi connectivity index (χ4n) is 1.48. The van der Waals surface area contributed by atoms with E-state index in [1.165, 1.54) is 0 Å². The fourth-order valence-corrected chi connectivity index (χ4v) is 1.48. The number of ketones is 1. The number of hydrogen-bond acceptors (Lipinski definition) is 3. The summed E-state index contributed by atoms with van der Waals surface area (Å²) < 4.78 is 0. The lowest BCUT2D eigenvalue weighted by atomic mass is 10.1. The standard InChI is InChI=1S/C12H12N2O2/c1-8-10(7-15)14-12(13-8)11(16)9-5-3-2-4-6-9/h2-6,15H,7H2,1H3,(H,13,14). The Balaban J connectivity index is 2.35. The van der Waals surface area contributed by atoms with Crippen molar-refractivity contribution >= 4 is 5.78 Å². The Hall–Kier alpha value is -1.94. The minimum atomic E-state index is -0.164. The predicted octanol–water partition coefficient (Wildman–Crippen LogP) is 1.44. The number of benzene rings is 1. The van der Waals surface area contributed by atoms with Crippen LogP contribution in [0.2, 0.25) is 0 Å². The second-order valence-electron chi connectivity index (χ2n) is 3.51. The number of aryl methyl sites for hydroxylation is 1. The fraction of sp³-hybridized carbons (Fsp3) is 0.167. The number of hydrogen-bond donors (Lipinski definition) is 2. The molecule has 0 bridgehead atoms. The Bertz CT molecular complexity index is 503. The molecule has 0 atom stereocenters. The van der Waals surface area contributed by atoms with Crippen molar-refractivity contribution in [1.82, 2.24) is 9.97 Å². The van der Waals surface area contributed by atoms with Gasteiger partial charge in [0.05, 0.1) is 12.3 Å². The van der Waals surface area contributed by atoms with Crippen LogP contribution < -0.4 is 0 Å². The second kappa shape index (κ2) is 4.28. The van der Waals surface area contributed by atoms with E-state index in [0.717, 1.165) is 5.69 Å². The van der Waals surface area contributed by atoms with Gasteiger partial charge in [0.1, 0.15) is 0 Å². The summed E-state index contributed by atoms with van der Waals surface area (Å²) in [7, 11) is 0. The Morgan fingerprint density at radius 2 is 2.06 bits per heavy atom. The maximum absolute atomic E-state index is 12.0. The molecule has 1 aromatic heterocycles. The van der Waals surface area contributed by atoms with Gasteiger partial charge in [-0.3, -0.25) is 4.79 Å². The zero-order valence-corrected chi connectivity index (χ0v) is 8.90. The summed E-state index contributed by atoms with van der Waals surface area (Å²) >= 11 is 0. The lowest BCUT2D eigenvalue weighted by Gasteiger charge is -1.95. The zero-order valence-electron chi connectivity index (χ0n) is 8.90. The SMILES string of the molecule is Cc1[nH]c(C(=O)c2ccccc2)nc1CO. The van der Waals surface area contributed by atoms with Gasteiger partial charge < -0.3 is 10.1 Å². The molecule has 0 unspecified atom stereocenters. The molecule has 0 radical (unpaired) electrons. The molecule has 0 spiro atoms. The molecule has 0 saturated carbocycles. The van der Waals surface area contributed by atoms with Crippen LogP contribution in [0.25, 0.3) is 0 Å². The first-order chi connectivity index (χ1) is 7.72. The predicted molar refractivity (Wildman–Crippen MR) is 59.1 cm³/mol. The lowest BCUT2D eigenvalue weighted by Crippen LogP contribution is -2.03. The normalized spacial score (nSPS) is 10.4. The summed E-state index contributed by atoms with van der Waals surface area (Å²) in [6, 6.07) is 8.92. The molecular weight excluding hydrogens is 204 g/mol. The van der Waals surface area contributed by atoms with Crippen LogP contribution in [0.15, 0.2) is 30.3 Å². The van der Waals surface area contributed by atoms with Crippen LogP contribution in [0.4, 0.5) is 0 Å². The molecule has 82 valence electrons. The Labute approximate surface area is 93.0 Å². The van der Waals surface area contributed by atoms with E-state index in [1.807, 2.05) is 6.07 Å². The number of nitrogens with zero attached hydrogens (tertiary/aromatic N) is 1. The third kappa shape index (κ3) is 1.87. The quantitative estimate of drug-likeness (QED) is 0.763. The largest absolute Gasteiger partial charge is 0.390 e. The van der Waals surface area contributed by atoms with Crippen molar-refractivity contribution in [3.8, 4) is 0 Å². The Morgan fingerprint density at radius 3 is 2.62 bits per heavy atom. The first kappa shape index (κ1) is 10.6. The van der Waals surface area contributed by atoms with Crippen molar-refractivity contribution in [2.75, 3.05) is 0 Å². The monoisotopic (exact) mass is 216 g/mol. The molecule has 0 fully saturated rings. The first-order valence-corrected chi connectivity index (χ1v) is 4.98. The molecule has 4 heteroatoms. The van der Waals surface area contributed by atoms with E-state index in [9.17, 15) is 4.79 Å². The van der Waals surface area contributed by atoms with Gasteiger partial charge in [-0.15, -0.1) is 0 Å². The lowest BCUT2D eigenvalue weighted by molar-refractivity contribution is 0.103. The third-order valence-corrected chi connectivity index (χ3v) is 2.39. The van der Waals surface area contributed by atoms with Crippen molar-refractivity contribution in [2.24, 2.45) is 0 Å². The molecule has 0 aliphatic carbocycles. The van der Waals surface area contributed by atoms with Gasteiger partial charge in [-0.2, -0.15) is 0 Å². The number of carbonyl (C=O) groups is 1. The molecule has 4 nitrogen and oxygen atoms in total. The molecule has 2 N–H and O–H groups in total. The van der Waals surface area contributed by atoms with Crippen molar-refractivity contribution < 1.29 is 9.90 Å². The molecule has 16 heavy (non-hydrogen) atoms. The minimum Gasteiger partial charge on any atom is -0.390 e. The molecule has 2 rings (SSSR count). The summed E-state index contributed by atoms with van der Waals surface area (Å²) in [5, 5.41) is 8.99. The molecule has 0 aliphatic rings. The van der Waals surface area contributed by atoms with E-state index in [0.29, 0.717) is 11.3 Å². The van der Waals surface area contributed by atoms with Crippen molar-refractivity contribution in [3.63, 3.8) is 0 Å². The average Bonchev–Trinajstić information content (AvgIpc) is 2.71. The number of carbonyl (C=O) groups excluding carboxylic acids is 1. The Morgan fingerprint density at radius 1 is 1.38 bits per heavy atom. The minimum absolute atomic E-state index is 0.162. The van der Waals surface area contributed by atoms with Gasteiger partial charge in [0.25, 0.3) is 0 Å². The van der Waals surface area contributed by atoms with Crippen LogP contribution in [-0.2, 0) is 6.61 Å².